The number of halogens is 2. The molecule has 2 rings (SSSR count). The molecule has 0 bridgehead atoms. The van der Waals surface area contributed by atoms with Crippen molar-refractivity contribution in [1.82, 2.24) is 0 Å². The maximum atomic E-state index is 12.6. The average Bonchev–Trinajstić information content (AvgIpc) is 2.25. The molecule has 0 spiro atoms. The van der Waals surface area contributed by atoms with Crippen LogP contribution in [0.1, 0.15) is 0 Å². The van der Waals surface area contributed by atoms with Crippen molar-refractivity contribution >= 4 is 7.91 Å². The molecule has 2 aromatic rings. The molecule has 0 aliphatic rings. The number of rotatable bonds is 2. The van der Waals surface area contributed by atoms with Gasteiger partial charge in [0.1, 0.15) is 0 Å². The molecule has 2 aromatic carbocycles. The van der Waals surface area contributed by atoms with Crippen LogP contribution in [0.2, 0.25) is 0 Å². The Morgan fingerprint density at radius 1 is 0.600 bits per heavy atom. The fourth-order valence-electron chi connectivity index (χ4n) is 1.05. The molecule has 3 heteroatoms. The molecule has 0 unspecified atom stereocenters. The molecule has 0 aromatic heterocycles. The van der Waals surface area contributed by atoms with Gasteiger partial charge in [0.15, 0.2) is 0 Å². The third-order valence-electron chi connectivity index (χ3n) is 1.75. The summed E-state index contributed by atoms with van der Waals surface area (Å²) in [5, 5.41) is 0. The van der Waals surface area contributed by atoms with Crippen molar-refractivity contribution in [2.24, 2.45) is 0 Å². The topological polar surface area (TPSA) is 0 Å². The SMILES string of the molecule is Fc1cc[c]([Pt][c]2ccc(F)cc2)cc1. The van der Waals surface area contributed by atoms with Gasteiger partial charge in [-0.2, -0.15) is 0 Å². The van der Waals surface area contributed by atoms with Crippen molar-refractivity contribution < 1.29 is 27.3 Å². The maximum absolute atomic E-state index is 12.6. The van der Waals surface area contributed by atoms with E-state index in [2.05, 4.69) is 0 Å². The molecular weight excluding hydrogens is 377 g/mol. The van der Waals surface area contributed by atoms with Crippen LogP contribution in [0, 0.1) is 11.6 Å². The molecule has 15 heavy (non-hydrogen) atoms. The Bertz CT molecular complexity index is 391. The first kappa shape index (κ1) is 10.5. The molecule has 0 saturated carbocycles. The van der Waals surface area contributed by atoms with Crippen molar-refractivity contribution in [1.29, 1.82) is 0 Å². The van der Waals surface area contributed by atoms with E-state index in [1.807, 2.05) is 0 Å². The van der Waals surface area contributed by atoms with Crippen LogP contribution in [0.25, 0.3) is 0 Å². The summed E-state index contributed by atoms with van der Waals surface area (Å²) in [4.78, 5) is 0. The molecule has 0 radical (unpaired) electrons. The van der Waals surface area contributed by atoms with Crippen LogP contribution in [0.15, 0.2) is 48.5 Å². The quantitative estimate of drug-likeness (QED) is 0.742. The van der Waals surface area contributed by atoms with Crippen LogP contribution in [-0.4, -0.2) is 0 Å². The van der Waals surface area contributed by atoms with Crippen molar-refractivity contribution in [3.8, 4) is 0 Å². The van der Waals surface area contributed by atoms with Crippen LogP contribution < -0.4 is 7.91 Å². The predicted octanol–water partition coefficient (Wildman–Crippen LogP) is 2.00. The van der Waals surface area contributed by atoms with Gasteiger partial charge in [-0.1, -0.05) is 0 Å². The molecule has 0 fully saturated rings. The molecule has 0 aliphatic carbocycles. The first-order chi connectivity index (χ1) is 7.24. The minimum atomic E-state index is -0.341. The first-order valence-electron chi connectivity index (χ1n) is 4.34. The Hall–Kier alpha value is -1.01. The second-order valence-electron chi connectivity index (χ2n) is 2.88. The van der Waals surface area contributed by atoms with E-state index in [0.717, 1.165) is 7.91 Å². The summed E-state index contributed by atoms with van der Waals surface area (Å²) >= 11 is -0.341. The Morgan fingerprint density at radius 3 is 1.27 bits per heavy atom. The molecular formula is C12H8F2Pt. The Kier molecular flexibility index (Phi) is 3.27. The fourth-order valence-corrected chi connectivity index (χ4v) is 3.32. The third-order valence-corrected chi connectivity index (χ3v) is 4.58. The van der Waals surface area contributed by atoms with Gasteiger partial charge in [-0.3, -0.25) is 0 Å². The summed E-state index contributed by atoms with van der Waals surface area (Å²) < 4.78 is 27.5. The van der Waals surface area contributed by atoms with Crippen molar-refractivity contribution in [2.45, 2.75) is 0 Å². The van der Waals surface area contributed by atoms with Gasteiger partial charge < -0.3 is 0 Å². The van der Waals surface area contributed by atoms with E-state index in [1.54, 1.807) is 24.3 Å². The van der Waals surface area contributed by atoms with E-state index in [4.69, 9.17) is 0 Å². The summed E-state index contributed by atoms with van der Waals surface area (Å²) in [7, 11) is 0. The van der Waals surface area contributed by atoms with Crippen LogP contribution in [-0.2, 0) is 18.6 Å². The first-order valence-corrected chi connectivity index (χ1v) is 6.61. The van der Waals surface area contributed by atoms with Crippen LogP contribution >= 0.6 is 0 Å². The monoisotopic (exact) mass is 385 g/mol. The fraction of sp³-hybridized carbons (Fsp3) is 0. The van der Waals surface area contributed by atoms with Crippen LogP contribution in [0.5, 0.6) is 0 Å². The van der Waals surface area contributed by atoms with Gasteiger partial charge in [0.2, 0.25) is 0 Å². The molecule has 80 valence electrons. The van der Waals surface area contributed by atoms with Crippen LogP contribution in [0.3, 0.4) is 0 Å². The number of benzene rings is 2. The second-order valence-corrected chi connectivity index (χ2v) is 6.07. The molecule has 0 heterocycles. The van der Waals surface area contributed by atoms with E-state index < -0.39 is 0 Å². The van der Waals surface area contributed by atoms with Gasteiger partial charge in [0.25, 0.3) is 0 Å². The zero-order valence-corrected chi connectivity index (χ0v) is 9.96. The second kappa shape index (κ2) is 4.67. The standard InChI is InChI=1S/2C6H4F.Pt/c2*7-6-4-2-1-3-5-6;/h2*2-5H;. The molecule has 0 saturated heterocycles. The Morgan fingerprint density at radius 2 is 0.933 bits per heavy atom. The van der Waals surface area contributed by atoms with E-state index in [-0.39, 0.29) is 30.2 Å². The predicted molar refractivity (Wildman–Crippen MR) is 52.1 cm³/mol. The summed E-state index contributed by atoms with van der Waals surface area (Å²) in [5.74, 6) is -0.441. The van der Waals surface area contributed by atoms with Crippen LogP contribution in [0.4, 0.5) is 8.78 Å². The van der Waals surface area contributed by atoms with Crippen molar-refractivity contribution in [3.05, 3.63) is 60.2 Å². The van der Waals surface area contributed by atoms with Gasteiger partial charge in [-0.15, -0.1) is 0 Å². The van der Waals surface area contributed by atoms with E-state index in [1.165, 1.54) is 24.3 Å². The van der Waals surface area contributed by atoms with Gasteiger partial charge in [0, 0.05) is 0 Å². The molecule has 0 N–H and O–H groups in total. The Labute approximate surface area is 95.5 Å². The van der Waals surface area contributed by atoms with Crippen molar-refractivity contribution in [3.63, 3.8) is 0 Å². The Balaban J connectivity index is 2.15. The summed E-state index contributed by atoms with van der Waals surface area (Å²) in [6, 6.07) is 13.0. The normalized spacial score (nSPS) is 10.5. The molecule has 0 amide bonds. The van der Waals surface area contributed by atoms with E-state index >= 15 is 0 Å². The minimum absolute atomic E-state index is 0.220. The zero-order chi connectivity index (χ0) is 10.7. The van der Waals surface area contributed by atoms with Gasteiger partial charge in [-0.25, -0.2) is 0 Å². The zero-order valence-electron chi connectivity index (χ0n) is 7.69. The summed E-state index contributed by atoms with van der Waals surface area (Å²) in [6.45, 7) is 0. The summed E-state index contributed by atoms with van der Waals surface area (Å²) in [5.41, 5.74) is 0. The number of hydrogen-bond donors (Lipinski definition) is 0. The van der Waals surface area contributed by atoms with Gasteiger partial charge in [-0.05, 0) is 0 Å². The van der Waals surface area contributed by atoms with Gasteiger partial charge in [0.05, 0.1) is 0 Å². The van der Waals surface area contributed by atoms with Gasteiger partial charge >= 0.3 is 95.4 Å². The van der Waals surface area contributed by atoms with Crippen molar-refractivity contribution in [2.75, 3.05) is 0 Å². The molecule has 0 aliphatic heterocycles. The van der Waals surface area contributed by atoms with E-state index in [9.17, 15) is 8.78 Å². The molecule has 0 atom stereocenters. The number of hydrogen-bond acceptors (Lipinski definition) is 0. The van der Waals surface area contributed by atoms with E-state index in [0.29, 0.717) is 0 Å². The average molecular weight is 385 g/mol. The third kappa shape index (κ3) is 2.97. The summed E-state index contributed by atoms with van der Waals surface area (Å²) in [6.07, 6.45) is 0. The molecule has 0 nitrogen and oxygen atoms in total.